The van der Waals surface area contributed by atoms with Gasteiger partial charge in [-0.2, -0.15) is 0 Å². The minimum absolute atomic E-state index is 0.00455. The molecule has 0 amide bonds. The van der Waals surface area contributed by atoms with Crippen molar-refractivity contribution in [3.8, 4) is 5.75 Å². The molecule has 112 valence electrons. The van der Waals surface area contributed by atoms with Crippen molar-refractivity contribution in [2.75, 3.05) is 0 Å². The van der Waals surface area contributed by atoms with Crippen molar-refractivity contribution in [3.05, 3.63) is 63.6 Å². The van der Waals surface area contributed by atoms with Crippen molar-refractivity contribution in [1.82, 2.24) is 0 Å². The van der Waals surface area contributed by atoms with Gasteiger partial charge in [-0.25, -0.2) is 8.78 Å². The number of para-hydroxylation sites is 1. The third-order valence-corrected chi connectivity index (χ3v) is 3.58. The highest BCUT2D eigenvalue weighted by atomic mass is 79.9. The topological polar surface area (TPSA) is 35.2 Å². The summed E-state index contributed by atoms with van der Waals surface area (Å²) in [6, 6.07) is 9.45. The van der Waals surface area contributed by atoms with Crippen molar-refractivity contribution in [2.45, 2.75) is 26.0 Å². The van der Waals surface area contributed by atoms with Crippen LogP contribution < -0.4 is 10.5 Å². The summed E-state index contributed by atoms with van der Waals surface area (Å²) in [5.74, 6) is -1.06. The summed E-state index contributed by atoms with van der Waals surface area (Å²) in [4.78, 5) is 0. The molecule has 21 heavy (non-hydrogen) atoms. The standard InChI is InChI=1S/C16H16BrF2NO/c1-10(20)7-12-3-2-4-13(17)16(12)21-9-11-5-6-14(18)15(19)8-11/h2-6,8,10H,7,9,20H2,1H3. The lowest BCUT2D eigenvalue weighted by molar-refractivity contribution is 0.299. The van der Waals surface area contributed by atoms with Crippen LogP contribution in [0.1, 0.15) is 18.1 Å². The van der Waals surface area contributed by atoms with Crippen LogP contribution in [0, 0.1) is 11.6 Å². The molecule has 2 aromatic rings. The van der Waals surface area contributed by atoms with Gasteiger partial charge >= 0.3 is 0 Å². The molecule has 1 atom stereocenters. The molecule has 0 fully saturated rings. The highest BCUT2D eigenvalue weighted by Crippen LogP contribution is 2.30. The van der Waals surface area contributed by atoms with Gasteiger partial charge in [0.1, 0.15) is 12.4 Å². The average molecular weight is 356 g/mol. The van der Waals surface area contributed by atoms with Crippen LogP contribution >= 0.6 is 15.9 Å². The molecule has 0 heterocycles. The Balaban J connectivity index is 2.17. The molecule has 0 aliphatic heterocycles. The van der Waals surface area contributed by atoms with Crippen molar-refractivity contribution in [3.63, 3.8) is 0 Å². The van der Waals surface area contributed by atoms with Gasteiger partial charge in [0.25, 0.3) is 0 Å². The maximum absolute atomic E-state index is 13.2. The summed E-state index contributed by atoms with van der Waals surface area (Å²) in [7, 11) is 0. The molecule has 0 saturated carbocycles. The molecule has 5 heteroatoms. The third kappa shape index (κ3) is 4.25. The molecule has 2 nitrogen and oxygen atoms in total. The summed E-state index contributed by atoms with van der Waals surface area (Å²) in [6.07, 6.45) is 0.673. The molecule has 0 saturated heterocycles. The predicted molar refractivity (Wildman–Crippen MR) is 82.2 cm³/mol. The lowest BCUT2D eigenvalue weighted by atomic mass is 10.1. The van der Waals surface area contributed by atoms with Gasteiger partial charge in [-0.15, -0.1) is 0 Å². The summed E-state index contributed by atoms with van der Waals surface area (Å²) in [5.41, 5.74) is 7.37. The van der Waals surface area contributed by atoms with Crippen LogP contribution in [0.25, 0.3) is 0 Å². The fraction of sp³-hybridized carbons (Fsp3) is 0.250. The van der Waals surface area contributed by atoms with Crippen LogP contribution in [0.4, 0.5) is 8.78 Å². The molecular formula is C16H16BrF2NO. The highest BCUT2D eigenvalue weighted by Gasteiger charge is 2.11. The zero-order valence-electron chi connectivity index (χ0n) is 11.6. The van der Waals surface area contributed by atoms with Crippen molar-refractivity contribution < 1.29 is 13.5 Å². The van der Waals surface area contributed by atoms with E-state index in [4.69, 9.17) is 10.5 Å². The largest absolute Gasteiger partial charge is 0.487 e. The van der Waals surface area contributed by atoms with Crippen molar-refractivity contribution in [1.29, 1.82) is 0 Å². The first-order valence-electron chi connectivity index (χ1n) is 6.57. The molecule has 0 aliphatic carbocycles. The first kappa shape index (κ1) is 15.9. The van der Waals surface area contributed by atoms with E-state index in [9.17, 15) is 8.78 Å². The van der Waals surface area contributed by atoms with E-state index in [-0.39, 0.29) is 12.6 Å². The van der Waals surface area contributed by atoms with E-state index in [0.717, 1.165) is 22.2 Å². The molecule has 2 aromatic carbocycles. The lowest BCUT2D eigenvalue weighted by Crippen LogP contribution is -2.18. The monoisotopic (exact) mass is 355 g/mol. The van der Waals surface area contributed by atoms with Gasteiger partial charge in [-0.05, 0) is 58.6 Å². The van der Waals surface area contributed by atoms with Crippen LogP contribution in [-0.4, -0.2) is 6.04 Å². The normalized spacial score (nSPS) is 12.2. The molecule has 1 unspecified atom stereocenters. The molecule has 0 spiro atoms. The number of rotatable bonds is 5. The second-order valence-electron chi connectivity index (χ2n) is 4.95. The van der Waals surface area contributed by atoms with E-state index in [0.29, 0.717) is 17.7 Å². The summed E-state index contributed by atoms with van der Waals surface area (Å²) < 4.78 is 32.6. The fourth-order valence-electron chi connectivity index (χ4n) is 2.01. The second-order valence-corrected chi connectivity index (χ2v) is 5.80. The smallest absolute Gasteiger partial charge is 0.159 e. The van der Waals surface area contributed by atoms with Gasteiger partial charge < -0.3 is 10.5 Å². The average Bonchev–Trinajstić information content (AvgIpc) is 2.41. The van der Waals surface area contributed by atoms with Crippen LogP contribution in [-0.2, 0) is 13.0 Å². The van der Waals surface area contributed by atoms with Gasteiger partial charge in [0.05, 0.1) is 4.47 Å². The first-order chi connectivity index (χ1) is 9.97. The summed E-state index contributed by atoms with van der Waals surface area (Å²) in [5, 5.41) is 0. The fourth-order valence-corrected chi connectivity index (χ4v) is 2.53. The Labute approximate surface area is 131 Å². The van der Waals surface area contributed by atoms with Crippen LogP contribution in [0.15, 0.2) is 40.9 Å². The lowest BCUT2D eigenvalue weighted by Gasteiger charge is -2.15. The molecule has 2 N–H and O–H groups in total. The van der Waals surface area contributed by atoms with Gasteiger partial charge in [-0.1, -0.05) is 18.2 Å². The number of benzene rings is 2. The zero-order chi connectivity index (χ0) is 15.4. The van der Waals surface area contributed by atoms with Gasteiger partial charge in [0.15, 0.2) is 11.6 Å². The minimum Gasteiger partial charge on any atom is -0.487 e. The van der Waals surface area contributed by atoms with Crippen molar-refractivity contribution in [2.24, 2.45) is 5.73 Å². The van der Waals surface area contributed by atoms with Crippen molar-refractivity contribution >= 4 is 15.9 Å². The maximum atomic E-state index is 13.2. The molecule has 0 bridgehead atoms. The first-order valence-corrected chi connectivity index (χ1v) is 7.36. The van der Waals surface area contributed by atoms with Crippen LogP contribution in [0.3, 0.4) is 0 Å². The number of hydrogen-bond acceptors (Lipinski definition) is 2. The van der Waals surface area contributed by atoms with E-state index in [1.165, 1.54) is 6.07 Å². The second kappa shape index (κ2) is 7.00. The van der Waals surface area contributed by atoms with E-state index in [2.05, 4.69) is 15.9 Å². The third-order valence-electron chi connectivity index (χ3n) is 2.96. The molecule has 0 aliphatic rings. The number of halogens is 3. The van der Waals surface area contributed by atoms with Gasteiger partial charge in [0.2, 0.25) is 0 Å². The Morgan fingerprint density at radius 1 is 1.19 bits per heavy atom. The van der Waals surface area contributed by atoms with Crippen LogP contribution in [0.5, 0.6) is 5.75 Å². The predicted octanol–water partition coefficient (Wildman–Crippen LogP) is 4.20. The minimum atomic E-state index is -0.876. The molecule has 0 radical (unpaired) electrons. The summed E-state index contributed by atoms with van der Waals surface area (Å²) >= 11 is 3.44. The van der Waals surface area contributed by atoms with E-state index < -0.39 is 11.6 Å². The number of hydrogen-bond donors (Lipinski definition) is 1. The Morgan fingerprint density at radius 3 is 2.62 bits per heavy atom. The van der Waals surface area contributed by atoms with E-state index in [1.807, 2.05) is 25.1 Å². The Morgan fingerprint density at radius 2 is 1.95 bits per heavy atom. The van der Waals surface area contributed by atoms with Gasteiger partial charge in [-0.3, -0.25) is 0 Å². The Kier molecular flexibility index (Phi) is 5.31. The van der Waals surface area contributed by atoms with E-state index in [1.54, 1.807) is 0 Å². The SMILES string of the molecule is CC(N)Cc1cccc(Br)c1OCc1ccc(F)c(F)c1. The highest BCUT2D eigenvalue weighted by molar-refractivity contribution is 9.10. The van der Waals surface area contributed by atoms with E-state index >= 15 is 0 Å². The molecular weight excluding hydrogens is 340 g/mol. The quantitative estimate of drug-likeness (QED) is 0.872. The Bertz CT molecular complexity index is 632. The molecule has 0 aromatic heterocycles. The zero-order valence-corrected chi connectivity index (χ0v) is 13.2. The number of ether oxygens (including phenoxy) is 1. The van der Waals surface area contributed by atoms with Crippen LogP contribution in [0.2, 0.25) is 0 Å². The summed E-state index contributed by atoms with van der Waals surface area (Å²) in [6.45, 7) is 2.08. The molecule has 2 rings (SSSR count). The number of nitrogens with two attached hydrogens (primary N) is 1. The van der Waals surface area contributed by atoms with Gasteiger partial charge in [0, 0.05) is 6.04 Å². The Hall–Kier alpha value is -1.46. The maximum Gasteiger partial charge on any atom is 0.159 e.